The van der Waals surface area contributed by atoms with E-state index in [9.17, 15) is 0 Å². The van der Waals surface area contributed by atoms with Crippen molar-refractivity contribution in [2.24, 2.45) is 0 Å². The Kier molecular flexibility index (Phi) is 2.56. The number of aromatic nitrogens is 5. The highest BCUT2D eigenvalue weighted by molar-refractivity contribution is 6.30. The number of halogens is 1. The Labute approximate surface area is 132 Å². The molecule has 0 saturated heterocycles. The SMILES string of the molecule is Clc1nn2c(-c3cccnc3)nnc2c2c1C1CCC2CC1. The van der Waals surface area contributed by atoms with Crippen LogP contribution in [0.25, 0.3) is 17.0 Å². The second kappa shape index (κ2) is 4.49. The smallest absolute Gasteiger partial charge is 0.187 e. The van der Waals surface area contributed by atoms with E-state index < -0.39 is 0 Å². The molecule has 0 N–H and O–H groups in total. The van der Waals surface area contributed by atoms with Gasteiger partial charge in [0.1, 0.15) is 0 Å². The van der Waals surface area contributed by atoms with Gasteiger partial charge in [-0.3, -0.25) is 4.98 Å². The molecule has 0 aromatic carbocycles. The molecule has 1 fully saturated rings. The van der Waals surface area contributed by atoms with Crippen molar-refractivity contribution in [1.29, 1.82) is 0 Å². The van der Waals surface area contributed by atoms with Gasteiger partial charge in [0.15, 0.2) is 16.6 Å². The molecule has 0 amide bonds. The van der Waals surface area contributed by atoms with E-state index in [0.717, 1.165) is 11.2 Å². The van der Waals surface area contributed by atoms with E-state index in [1.807, 2.05) is 12.1 Å². The Morgan fingerprint density at radius 3 is 2.55 bits per heavy atom. The summed E-state index contributed by atoms with van der Waals surface area (Å²) in [6.45, 7) is 0. The first-order valence-electron chi connectivity index (χ1n) is 7.68. The lowest BCUT2D eigenvalue weighted by Crippen LogP contribution is -2.24. The summed E-state index contributed by atoms with van der Waals surface area (Å²) in [5.74, 6) is 1.80. The normalized spacial score (nSPS) is 23.0. The maximum Gasteiger partial charge on any atom is 0.187 e. The zero-order chi connectivity index (χ0) is 14.7. The molecule has 0 aliphatic heterocycles. The second-order valence-corrected chi connectivity index (χ2v) is 6.53. The van der Waals surface area contributed by atoms with Crippen LogP contribution >= 0.6 is 11.6 Å². The molecular formula is C16H14ClN5. The van der Waals surface area contributed by atoms with Crippen molar-refractivity contribution in [1.82, 2.24) is 24.8 Å². The number of fused-ring (bicyclic) bond motifs is 3. The van der Waals surface area contributed by atoms with Crippen LogP contribution in [-0.2, 0) is 0 Å². The molecule has 3 aromatic rings. The largest absolute Gasteiger partial charge is 0.264 e. The molecule has 3 aliphatic carbocycles. The fourth-order valence-electron chi connectivity index (χ4n) is 4.05. The summed E-state index contributed by atoms with van der Waals surface area (Å²) < 4.78 is 1.79. The number of nitrogens with zero attached hydrogens (tertiary/aromatic N) is 5. The van der Waals surface area contributed by atoms with Gasteiger partial charge in [-0.1, -0.05) is 11.6 Å². The van der Waals surface area contributed by atoms with Crippen LogP contribution in [0.4, 0.5) is 0 Å². The Balaban J connectivity index is 1.82. The Hall–Kier alpha value is -2.01. The summed E-state index contributed by atoms with van der Waals surface area (Å²) in [4.78, 5) is 4.15. The van der Waals surface area contributed by atoms with Crippen LogP contribution in [0.15, 0.2) is 24.5 Å². The van der Waals surface area contributed by atoms with E-state index in [0.29, 0.717) is 22.8 Å². The van der Waals surface area contributed by atoms with E-state index >= 15 is 0 Å². The molecule has 6 rings (SSSR count). The summed E-state index contributed by atoms with van der Waals surface area (Å²) in [6, 6.07) is 3.85. The maximum absolute atomic E-state index is 6.53. The lowest BCUT2D eigenvalue weighted by atomic mass is 9.68. The minimum Gasteiger partial charge on any atom is -0.264 e. The van der Waals surface area contributed by atoms with Crippen molar-refractivity contribution in [3.8, 4) is 11.4 Å². The summed E-state index contributed by atoms with van der Waals surface area (Å²) >= 11 is 6.53. The van der Waals surface area contributed by atoms with Crippen molar-refractivity contribution in [2.45, 2.75) is 37.5 Å². The third-order valence-electron chi connectivity index (χ3n) is 5.05. The quantitative estimate of drug-likeness (QED) is 0.689. The second-order valence-electron chi connectivity index (χ2n) is 6.17. The van der Waals surface area contributed by atoms with Gasteiger partial charge in [-0.15, -0.1) is 10.2 Å². The fraction of sp³-hybridized carbons (Fsp3) is 0.375. The van der Waals surface area contributed by atoms with Crippen molar-refractivity contribution in [3.63, 3.8) is 0 Å². The third-order valence-corrected chi connectivity index (χ3v) is 5.32. The third kappa shape index (κ3) is 1.60. The zero-order valence-electron chi connectivity index (χ0n) is 11.9. The highest BCUT2D eigenvalue weighted by atomic mass is 35.5. The first-order valence-corrected chi connectivity index (χ1v) is 8.06. The van der Waals surface area contributed by atoms with Crippen molar-refractivity contribution >= 4 is 17.2 Å². The van der Waals surface area contributed by atoms with Crippen LogP contribution in [0.1, 0.15) is 48.6 Å². The molecule has 3 heterocycles. The molecule has 0 atom stereocenters. The Morgan fingerprint density at radius 2 is 1.82 bits per heavy atom. The lowest BCUT2D eigenvalue weighted by molar-refractivity contribution is 0.358. The zero-order valence-corrected chi connectivity index (χ0v) is 12.7. The predicted octanol–water partition coefficient (Wildman–Crippen LogP) is 3.59. The van der Waals surface area contributed by atoms with Crippen molar-refractivity contribution < 1.29 is 0 Å². The number of hydrogen-bond acceptors (Lipinski definition) is 4. The highest BCUT2D eigenvalue weighted by Gasteiger charge is 2.38. The fourth-order valence-corrected chi connectivity index (χ4v) is 4.38. The maximum atomic E-state index is 6.53. The molecular weight excluding hydrogens is 298 g/mol. The standard InChI is InChI=1S/C16H14ClN5/c17-14-12-9-3-5-10(6-4-9)13(12)16-20-19-15(22(16)21-14)11-2-1-7-18-8-11/h1-2,7-10H,3-6H2. The number of rotatable bonds is 1. The Bertz CT molecular complexity index is 865. The number of pyridine rings is 1. The lowest BCUT2D eigenvalue weighted by Gasteiger charge is -2.38. The van der Waals surface area contributed by atoms with Gasteiger partial charge in [0.05, 0.1) is 0 Å². The molecule has 1 saturated carbocycles. The van der Waals surface area contributed by atoms with Gasteiger partial charge in [0.2, 0.25) is 0 Å². The predicted molar refractivity (Wildman–Crippen MR) is 83.0 cm³/mol. The van der Waals surface area contributed by atoms with Crippen LogP contribution < -0.4 is 0 Å². The molecule has 0 spiro atoms. The number of hydrogen-bond donors (Lipinski definition) is 0. The van der Waals surface area contributed by atoms with E-state index in [1.165, 1.54) is 36.8 Å². The van der Waals surface area contributed by atoms with E-state index in [-0.39, 0.29) is 0 Å². The molecule has 0 radical (unpaired) electrons. The van der Waals surface area contributed by atoms with Gasteiger partial charge >= 0.3 is 0 Å². The van der Waals surface area contributed by atoms with Crippen LogP contribution in [0, 0.1) is 0 Å². The first-order chi connectivity index (χ1) is 10.8. The molecule has 2 bridgehead atoms. The molecule has 22 heavy (non-hydrogen) atoms. The van der Waals surface area contributed by atoms with Gasteiger partial charge in [0.25, 0.3) is 0 Å². The molecule has 0 unspecified atom stereocenters. The van der Waals surface area contributed by atoms with E-state index in [2.05, 4.69) is 20.3 Å². The monoisotopic (exact) mass is 311 g/mol. The molecule has 3 aliphatic rings. The van der Waals surface area contributed by atoms with Gasteiger partial charge in [-0.2, -0.15) is 9.61 Å². The van der Waals surface area contributed by atoms with Crippen LogP contribution in [-0.4, -0.2) is 24.8 Å². The Morgan fingerprint density at radius 1 is 1.05 bits per heavy atom. The van der Waals surface area contributed by atoms with Gasteiger partial charge < -0.3 is 0 Å². The van der Waals surface area contributed by atoms with E-state index in [4.69, 9.17) is 11.6 Å². The highest BCUT2D eigenvalue weighted by Crippen LogP contribution is 2.52. The summed E-state index contributed by atoms with van der Waals surface area (Å²) in [7, 11) is 0. The van der Waals surface area contributed by atoms with Gasteiger partial charge in [-0.25, -0.2) is 0 Å². The van der Waals surface area contributed by atoms with Gasteiger partial charge in [-0.05, 0) is 49.7 Å². The van der Waals surface area contributed by atoms with Gasteiger partial charge in [0, 0.05) is 29.1 Å². The molecule has 6 heteroatoms. The molecule has 3 aromatic heterocycles. The average molecular weight is 312 g/mol. The van der Waals surface area contributed by atoms with Crippen LogP contribution in [0.5, 0.6) is 0 Å². The van der Waals surface area contributed by atoms with Crippen molar-refractivity contribution in [2.75, 3.05) is 0 Å². The molecule has 5 nitrogen and oxygen atoms in total. The minimum absolute atomic E-state index is 0.545. The first kappa shape index (κ1) is 12.5. The summed E-state index contributed by atoms with van der Waals surface area (Å²) in [5.41, 5.74) is 4.28. The van der Waals surface area contributed by atoms with Crippen molar-refractivity contribution in [3.05, 3.63) is 40.8 Å². The topological polar surface area (TPSA) is 56.0 Å². The average Bonchev–Trinajstić information content (AvgIpc) is 3.00. The van der Waals surface area contributed by atoms with Crippen LogP contribution in [0.2, 0.25) is 5.15 Å². The van der Waals surface area contributed by atoms with Crippen LogP contribution in [0.3, 0.4) is 0 Å². The molecule has 110 valence electrons. The summed E-state index contributed by atoms with van der Waals surface area (Å²) in [5, 5.41) is 14.0. The van der Waals surface area contributed by atoms with E-state index in [1.54, 1.807) is 16.9 Å². The minimum atomic E-state index is 0.545. The summed E-state index contributed by atoms with van der Waals surface area (Å²) in [6.07, 6.45) is 8.41.